The van der Waals surface area contributed by atoms with Gasteiger partial charge in [0.1, 0.15) is 0 Å². The highest BCUT2D eigenvalue weighted by Crippen LogP contribution is 2.18. The van der Waals surface area contributed by atoms with Gasteiger partial charge in [-0.1, -0.05) is 38.8 Å². The highest BCUT2D eigenvalue weighted by Gasteiger charge is 2.25. The average Bonchev–Trinajstić information content (AvgIpc) is 2.76. The Balaban J connectivity index is 2.02. The molecule has 168 valence electrons. The Morgan fingerprint density at radius 2 is 1.80 bits per heavy atom. The molecule has 0 unspecified atom stereocenters. The SMILES string of the molecule is CCCC(O)(CCC)CNC(=NCc1cccc(C(=O)N2CCCCC2)c1)NCC. The lowest BCUT2D eigenvalue weighted by atomic mass is 9.93. The quantitative estimate of drug-likeness (QED) is 0.401. The summed E-state index contributed by atoms with van der Waals surface area (Å²) in [6, 6.07) is 7.78. The van der Waals surface area contributed by atoms with Gasteiger partial charge in [0.05, 0.1) is 12.1 Å². The number of carbonyl (C=O) groups excluding carboxylic acids is 1. The molecule has 0 saturated carbocycles. The first-order valence-electron chi connectivity index (χ1n) is 11.6. The number of hydrogen-bond donors (Lipinski definition) is 3. The second-order valence-electron chi connectivity index (χ2n) is 8.33. The molecule has 0 bridgehead atoms. The lowest BCUT2D eigenvalue weighted by Crippen LogP contribution is -2.47. The smallest absolute Gasteiger partial charge is 0.253 e. The van der Waals surface area contributed by atoms with Crippen molar-refractivity contribution in [1.82, 2.24) is 15.5 Å². The Kier molecular flexibility index (Phi) is 10.1. The molecule has 0 atom stereocenters. The largest absolute Gasteiger partial charge is 0.388 e. The van der Waals surface area contributed by atoms with Crippen LogP contribution in [0.15, 0.2) is 29.3 Å². The number of piperidine rings is 1. The van der Waals surface area contributed by atoms with E-state index in [0.29, 0.717) is 19.0 Å². The number of nitrogens with one attached hydrogen (secondary N) is 2. The first-order valence-corrected chi connectivity index (χ1v) is 11.6. The maximum Gasteiger partial charge on any atom is 0.253 e. The van der Waals surface area contributed by atoms with E-state index in [2.05, 4.69) is 29.5 Å². The fourth-order valence-corrected chi connectivity index (χ4v) is 4.08. The summed E-state index contributed by atoms with van der Waals surface area (Å²) in [4.78, 5) is 19.4. The van der Waals surface area contributed by atoms with Crippen molar-refractivity contribution < 1.29 is 9.90 Å². The predicted octanol–water partition coefficient (Wildman–Crippen LogP) is 3.70. The van der Waals surface area contributed by atoms with E-state index in [1.54, 1.807) is 0 Å². The summed E-state index contributed by atoms with van der Waals surface area (Å²) in [5.74, 6) is 0.811. The first kappa shape index (κ1) is 24.2. The molecule has 2 rings (SSSR count). The number of benzene rings is 1. The Hall–Kier alpha value is -2.08. The number of rotatable bonds is 10. The molecule has 0 radical (unpaired) electrons. The summed E-state index contributed by atoms with van der Waals surface area (Å²) in [5, 5.41) is 17.4. The lowest BCUT2D eigenvalue weighted by molar-refractivity contribution is 0.0257. The van der Waals surface area contributed by atoms with Crippen LogP contribution in [0.3, 0.4) is 0 Å². The fraction of sp³-hybridized carbons (Fsp3) is 0.667. The molecule has 6 heteroatoms. The van der Waals surface area contributed by atoms with Crippen LogP contribution in [0, 0.1) is 0 Å². The van der Waals surface area contributed by atoms with Crippen molar-refractivity contribution >= 4 is 11.9 Å². The highest BCUT2D eigenvalue weighted by atomic mass is 16.3. The molecule has 1 saturated heterocycles. The van der Waals surface area contributed by atoms with E-state index < -0.39 is 5.60 Å². The lowest BCUT2D eigenvalue weighted by Gasteiger charge is -2.28. The molecule has 1 aromatic rings. The minimum Gasteiger partial charge on any atom is -0.388 e. The third-order valence-electron chi connectivity index (χ3n) is 5.60. The van der Waals surface area contributed by atoms with Crippen LogP contribution in [0.5, 0.6) is 0 Å². The zero-order valence-electron chi connectivity index (χ0n) is 19.0. The van der Waals surface area contributed by atoms with Gasteiger partial charge in [-0.2, -0.15) is 0 Å². The average molecular weight is 417 g/mol. The van der Waals surface area contributed by atoms with Crippen LogP contribution in [0.2, 0.25) is 0 Å². The van der Waals surface area contributed by atoms with Gasteiger partial charge in [0, 0.05) is 31.7 Å². The topological polar surface area (TPSA) is 77.0 Å². The number of amides is 1. The van der Waals surface area contributed by atoms with Gasteiger partial charge in [-0.05, 0) is 56.7 Å². The molecule has 6 nitrogen and oxygen atoms in total. The van der Waals surface area contributed by atoms with Gasteiger partial charge in [0.25, 0.3) is 5.91 Å². The van der Waals surface area contributed by atoms with Gasteiger partial charge in [-0.25, -0.2) is 4.99 Å². The summed E-state index contributed by atoms with van der Waals surface area (Å²) < 4.78 is 0. The van der Waals surface area contributed by atoms with Crippen molar-refractivity contribution in [2.45, 2.75) is 77.9 Å². The van der Waals surface area contributed by atoms with Gasteiger partial charge in [-0.15, -0.1) is 0 Å². The van der Waals surface area contributed by atoms with Crippen LogP contribution in [0.25, 0.3) is 0 Å². The number of aliphatic hydroxyl groups is 1. The molecule has 1 amide bonds. The van der Waals surface area contributed by atoms with E-state index in [1.807, 2.05) is 36.1 Å². The molecule has 1 fully saturated rings. The summed E-state index contributed by atoms with van der Waals surface area (Å²) in [6.45, 7) is 9.64. The van der Waals surface area contributed by atoms with Crippen LogP contribution < -0.4 is 10.6 Å². The molecule has 0 spiro atoms. The Morgan fingerprint density at radius 3 is 2.43 bits per heavy atom. The van der Waals surface area contributed by atoms with E-state index in [1.165, 1.54) is 6.42 Å². The van der Waals surface area contributed by atoms with Crippen LogP contribution in [0.4, 0.5) is 0 Å². The number of nitrogens with zero attached hydrogens (tertiary/aromatic N) is 2. The second kappa shape index (κ2) is 12.6. The summed E-state index contributed by atoms with van der Waals surface area (Å²) in [5.41, 5.74) is 1.04. The molecule has 0 aliphatic carbocycles. The van der Waals surface area contributed by atoms with Gasteiger partial charge >= 0.3 is 0 Å². The van der Waals surface area contributed by atoms with Crippen molar-refractivity contribution in [3.05, 3.63) is 35.4 Å². The van der Waals surface area contributed by atoms with Gasteiger partial charge < -0.3 is 20.6 Å². The van der Waals surface area contributed by atoms with Crippen molar-refractivity contribution in [2.24, 2.45) is 4.99 Å². The fourth-order valence-electron chi connectivity index (χ4n) is 4.08. The monoisotopic (exact) mass is 416 g/mol. The first-order chi connectivity index (χ1) is 14.5. The normalized spacial score (nSPS) is 15.2. The van der Waals surface area contributed by atoms with Crippen molar-refractivity contribution in [1.29, 1.82) is 0 Å². The number of guanidine groups is 1. The van der Waals surface area contributed by atoms with E-state index in [-0.39, 0.29) is 5.91 Å². The number of likely N-dealkylation sites (tertiary alicyclic amines) is 1. The molecule has 0 aromatic heterocycles. The molecular weight excluding hydrogens is 376 g/mol. The molecule has 1 aromatic carbocycles. The molecule has 1 heterocycles. The van der Waals surface area contributed by atoms with Crippen molar-refractivity contribution in [3.63, 3.8) is 0 Å². The van der Waals surface area contributed by atoms with Crippen LogP contribution >= 0.6 is 0 Å². The van der Waals surface area contributed by atoms with E-state index in [9.17, 15) is 9.90 Å². The Bertz CT molecular complexity index is 678. The van der Waals surface area contributed by atoms with Crippen LogP contribution in [-0.2, 0) is 6.54 Å². The third kappa shape index (κ3) is 7.63. The molecule has 30 heavy (non-hydrogen) atoms. The minimum atomic E-state index is -0.708. The minimum absolute atomic E-state index is 0.120. The van der Waals surface area contributed by atoms with E-state index in [4.69, 9.17) is 0 Å². The zero-order valence-corrected chi connectivity index (χ0v) is 19.0. The zero-order chi connectivity index (χ0) is 21.8. The van der Waals surface area contributed by atoms with Crippen LogP contribution in [0.1, 0.15) is 81.6 Å². The summed E-state index contributed by atoms with van der Waals surface area (Å²) in [7, 11) is 0. The molecule has 1 aliphatic rings. The van der Waals surface area contributed by atoms with Gasteiger partial charge in [0.2, 0.25) is 0 Å². The van der Waals surface area contributed by atoms with Crippen molar-refractivity contribution in [3.8, 4) is 0 Å². The Morgan fingerprint density at radius 1 is 1.10 bits per heavy atom. The number of aliphatic imine (C=N–C) groups is 1. The third-order valence-corrected chi connectivity index (χ3v) is 5.60. The Labute approximate surface area is 182 Å². The van der Waals surface area contributed by atoms with E-state index in [0.717, 1.165) is 69.3 Å². The van der Waals surface area contributed by atoms with Gasteiger partial charge in [-0.3, -0.25) is 4.79 Å². The number of hydrogen-bond acceptors (Lipinski definition) is 3. The highest BCUT2D eigenvalue weighted by molar-refractivity contribution is 5.94. The maximum atomic E-state index is 12.8. The standard InChI is InChI=1S/C24H40N4O2/c1-4-13-24(30,14-5-2)19-27-23(25-6-3)26-18-20-11-10-12-21(17-20)22(29)28-15-8-7-9-16-28/h10-12,17,30H,4-9,13-16,18-19H2,1-3H3,(H2,25,26,27). The summed E-state index contributed by atoms with van der Waals surface area (Å²) >= 11 is 0. The molecule has 1 aliphatic heterocycles. The summed E-state index contributed by atoms with van der Waals surface area (Å²) in [6.07, 6.45) is 6.84. The maximum absolute atomic E-state index is 12.8. The van der Waals surface area contributed by atoms with Crippen molar-refractivity contribution in [2.75, 3.05) is 26.2 Å². The number of carbonyl (C=O) groups is 1. The molecular formula is C24H40N4O2. The van der Waals surface area contributed by atoms with Crippen LogP contribution in [-0.4, -0.2) is 53.7 Å². The second-order valence-corrected chi connectivity index (χ2v) is 8.33. The molecule has 3 N–H and O–H groups in total. The van der Waals surface area contributed by atoms with Gasteiger partial charge in [0.15, 0.2) is 5.96 Å². The van der Waals surface area contributed by atoms with E-state index >= 15 is 0 Å². The predicted molar refractivity (Wildman–Crippen MR) is 124 cm³/mol.